The maximum Gasteiger partial charge on any atom is 0.329 e. The lowest BCUT2D eigenvalue weighted by Crippen LogP contribution is -2.52. The molecule has 0 saturated heterocycles. The van der Waals surface area contributed by atoms with Crippen molar-refractivity contribution in [1.82, 2.24) is 10.6 Å². The third-order valence-corrected chi connectivity index (χ3v) is 3.56. The molecule has 0 aliphatic heterocycles. The zero-order valence-corrected chi connectivity index (χ0v) is 13.1. The van der Waals surface area contributed by atoms with Gasteiger partial charge in [0.2, 0.25) is 11.8 Å². The first-order chi connectivity index (χ1) is 10.3. The highest BCUT2D eigenvalue weighted by Gasteiger charge is 2.33. The average Bonchev–Trinajstić information content (AvgIpc) is 2.46. The quantitative estimate of drug-likeness (QED) is 0.713. The van der Waals surface area contributed by atoms with E-state index in [1.807, 2.05) is 30.3 Å². The summed E-state index contributed by atoms with van der Waals surface area (Å²) in [4.78, 5) is 34.7. The van der Waals surface area contributed by atoms with Crippen molar-refractivity contribution < 1.29 is 19.5 Å². The SMILES string of the molecule is CC[C@@](C)(NC(=O)C[C@H](NC(C)=O)c1ccccc1)C(=O)O. The van der Waals surface area contributed by atoms with Crippen molar-refractivity contribution in [2.45, 2.75) is 45.2 Å². The summed E-state index contributed by atoms with van der Waals surface area (Å²) in [5.74, 6) is -1.76. The summed E-state index contributed by atoms with van der Waals surface area (Å²) in [5, 5.41) is 14.4. The van der Waals surface area contributed by atoms with Gasteiger partial charge in [0.15, 0.2) is 0 Å². The van der Waals surface area contributed by atoms with Gasteiger partial charge >= 0.3 is 5.97 Å². The fourth-order valence-electron chi connectivity index (χ4n) is 2.02. The highest BCUT2D eigenvalue weighted by molar-refractivity contribution is 5.87. The first kappa shape index (κ1) is 17.7. The summed E-state index contributed by atoms with van der Waals surface area (Å²) in [6, 6.07) is 8.60. The van der Waals surface area contributed by atoms with Crippen LogP contribution in [0.5, 0.6) is 0 Å². The van der Waals surface area contributed by atoms with E-state index in [-0.39, 0.29) is 18.7 Å². The summed E-state index contributed by atoms with van der Waals surface area (Å²) in [6.07, 6.45) is 0.247. The van der Waals surface area contributed by atoms with E-state index in [1.54, 1.807) is 6.92 Å². The number of aliphatic carboxylic acids is 1. The molecule has 0 aliphatic rings. The van der Waals surface area contributed by atoms with Gasteiger partial charge in [-0.3, -0.25) is 9.59 Å². The number of benzene rings is 1. The van der Waals surface area contributed by atoms with Gasteiger partial charge in [-0.25, -0.2) is 4.79 Å². The van der Waals surface area contributed by atoms with E-state index < -0.39 is 23.5 Å². The monoisotopic (exact) mass is 306 g/mol. The van der Waals surface area contributed by atoms with Crippen molar-refractivity contribution in [2.24, 2.45) is 0 Å². The Bertz CT molecular complexity index is 544. The van der Waals surface area contributed by atoms with E-state index in [0.717, 1.165) is 5.56 Å². The predicted molar refractivity (Wildman–Crippen MR) is 82.1 cm³/mol. The molecule has 2 amide bonds. The molecule has 6 nitrogen and oxygen atoms in total. The van der Waals surface area contributed by atoms with Crippen LogP contribution >= 0.6 is 0 Å². The van der Waals surface area contributed by atoms with Gasteiger partial charge in [-0.2, -0.15) is 0 Å². The van der Waals surface area contributed by atoms with Crippen molar-refractivity contribution in [3.05, 3.63) is 35.9 Å². The predicted octanol–water partition coefficient (Wildman–Crippen LogP) is 1.62. The minimum Gasteiger partial charge on any atom is -0.480 e. The molecule has 0 spiro atoms. The van der Waals surface area contributed by atoms with E-state index in [1.165, 1.54) is 13.8 Å². The second-order valence-corrected chi connectivity index (χ2v) is 5.41. The lowest BCUT2D eigenvalue weighted by molar-refractivity contribution is -0.147. The molecule has 0 heterocycles. The molecule has 0 fully saturated rings. The van der Waals surface area contributed by atoms with Crippen LogP contribution in [0.25, 0.3) is 0 Å². The topological polar surface area (TPSA) is 95.5 Å². The van der Waals surface area contributed by atoms with Gasteiger partial charge in [-0.15, -0.1) is 0 Å². The van der Waals surface area contributed by atoms with E-state index in [9.17, 15) is 19.5 Å². The van der Waals surface area contributed by atoms with Gasteiger partial charge in [-0.1, -0.05) is 37.3 Å². The van der Waals surface area contributed by atoms with Crippen molar-refractivity contribution in [3.63, 3.8) is 0 Å². The molecule has 6 heteroatoms. The Morgan fingerprint density at radius 2 is 1.82 bits per heavy atom. The maximum absolute atomic E-state index is 12.2. The van der Waals surface area contributed by atoms with Crippen molar-refractivity contribution in [1.29, 1.82) is 0 Å². The number of carboxylic acids is 1. The first-order valence-electron chi connectivity index (χ1n) is 7.15. The van der Waals surface area contributed by atoms with Gasteiger partial charge in [0.1, 0.15) is 5.54 Å². The summed E-state index contributed by atoms with van der Waals surface area (Å²) >= 11 is 0. The molecule has 120 valence electrons. The highest BCUT2D eigenvalue weighted by Crippen LogP contribution is 2.18. The van der Waals surface area contributed by atoms with E-state index in [4.69, 9.17) is 0 Å². The normalized spacial score (nSPS) is 14.5. The molecule has 2 atom stereocenters. The molecule has 0 aromatic heterocycles. The maximum atomic E-state index is 12.2. The summed E-state index contributed by atoms with van der Waals surface area (Å²) < 4.78 is 0. The number of amides is 2. The number of rotatable bonds is 7. The number of carbonyl (C=O) groups is 3. The molecular formula is C16H22N2O4. The van der Waals surface area contributed by atoms with Crippen LogP contribution in [0.15, 0.2) is 30.3 Å². The fourth-order valence-corrected chi connectivity index (χ4v) is 2.02. The zero-order chi connectivity index (χ0) is 16.8. The lowest BCUT2D eigenvalue weighted by Gasteiger charge is -2.26. The highest BCUT2D eigenvalue weighted by atomic mass is 16.4. The standard InChI is InChI=1S/C16H22N2O4/c1-4-16(3,15(21)22)18-14(20)10-13(17-11(2)19)12-8-6-5-7-9-12/h5-9,13H,4,10H2,1-3H3,(H,17,19)(H,18,20)(H,21,22)/t13-,16+/m0/s1. The van der Waals surface area contributed by atoms with E-state index in [2.05, 4.69) is 10.6 Å². The molecular weight excluding hydrogens is 284 g/mol. The summed E-state index contributed by atoms with van der Waals surface area (Å²) in [5.41, 5.74) is -0.518. The van der Waals surface area contributed by atoms with Crippen molar-refractivity contribution >= 4 is 17.8 Å². The third-order valence-electron chi connectivity index (χ3n) is 3.56. The van der Waals surface area contributed by atoms with E-state index in [0.29, 0.717) is 0 Å². The molecule has 22 heavy (non-hydrogen) atoms. The minimum absolute atomic E-state index is 0.0214. The van der Waals surface area contributed by atoms with Crippen LogP contribution in [0.1, 0.15) is 45.2 Å². The number of carbonyl (C=O) groups excluding carboxylic acids is 2. The zero-order valence-electron chi connectivity index (χ0n) is 13.1. The Kier molecular flexibility index (Phi) is 6.10. The molecule has 0 bridgehead atoms. The smallest absolute Gasteiger partial charge is 0.329 e. The van der Waals surface area contributed by atoms with Crippen LogP contribution in [0.4, 0.5) is 0 Å². The van der Waals surface area contributed by atoms with Gasteiger partial charge in [0.05, 0.1) is 12.5 Å². The number of hydrogen-bond donors (Lipinski definition) is 3. The van der Waals surface area contributed by atoms with Crippen molar-refractivity contribution in [2.75, 3.05) is 0 Å². The molecule has 0 aliphatic carbocycles. The second-order valence-electron chi connectivity index (χ2n) is 5.41. The Hall–Kier alpha value is -2.37. The van der Waals surface area contributed by atoms with Crippen LogP contribution in [-0.4, -0.2) is 28.4 Å². The van der Waals surface area contributed by atoms with Gasteiger partial charge in [0, 0.05) is 6.92 Å². The Morgan fingerprint density at radius 1 is 1.23 bits per heavy atom. The molecule has 1 aromatic rings. The fraction of sp³-hybridized carbons (Fsp3) is 0.438. The van der Waals surface area contributed by atoms with Crippen LogP contribution < -0.4 is 10.6 Å². The molecule has 0 saturated carbocycles. The van der Waals surface area contributed by atoms with Gasteiger partial charge in [-0.05, 0) is 18.9 Å². The lowest BCUT2D eigenvalue weighted by atomic mass is 9.97. The van der Waals surface area contributed by atoms with Gasteiger partial charge in [0.25, 0.3) is 0 Å². The van der Waals surface area contributed by atoms with Crippen molar-refractivity contribution in [3.8, 4) is 0 Å². The number of hydrogen-bond acceptors (Lipinski definition) is 3. The third kappa shape index (κ3) is 4.87. The largest absolute Gasteiger partial charge is 0.480 e. The van der Waals surface area contributed by atoms with Crippen LogP contribution in [0.2, 0.25) is 0 Å². The Morgan fingerprint density at radius 3 is 2.27 bits per heavy atom. The summed E-state index contributed by atoms with van der Waals surface area (Å²) in [7, 11) is 0. The second kappa shape index (κ2) is 7.59. The van der Waals surface area contributed by atoms with Gasteiger partial charge < -0.3 is 15.7 Å². The Balaban J connectivity index is 2.84. The number of carboxylic acid groups (broad SMARTS) is 1. The summed E-state index contributed by atoms with van der Waals surface area (Å²) in [6.45, 7) is 4.53. The molecule has 1 aromatic carbocycles. The van der Waals surface area contributed by atoms with Crippen LogP contribution in [0.3, 0.4) is 0 Å². The molecule has 3 N–H and O–H groups in total. The molecule has 0 unspecified atom stereocenters. The first-order valence-corrected chi connectivity index (χ1v) is 7.15. The van der Waals surface area contributed by atoms with Crippen LogP contribution in [-0.2, 0) is 14.4 Å². The average molecular weight is 306 g/mol. The van der Waals surface area contributed by atoms with E-state index >= 15 is 0 Å². The number of nitrogens with one attached hydrogen (secondary N) is 2. The molecule has 0 radical (unpaired) electrons. The van der Waals surface area contributed by atoms with Crippen LogP contribution in [0, 0.1) is 0 Å². The molecule has 1 rings (SSSR count). The minimum atomic E-state index is -1.31. The Labute approximate surface area is 129 Å².